The van der Waals surface area contributed by atoms with E-state index in [-0.39, 0.29) is 0 Å². The van der Waals surface area contributed by atoms with Gasteiger partial charge in [0.1, 0.15) is 0 Å². The van der Waals surface area contributed by atoms with Gasteiger partial charge in [0.05, 0.1) is 33.8 Å². The molecule has 0 amide bonds. The van der Waals surface area contributed by atoms with Crippen LogP contribution in [0.3, 0.4) is 0 Å². The fourth-order valence-electron chi connectivity index (χ4n) is 7.30. The lowest BCUT2D eigenvalue weighted by atomic mass is 9.87. The SMILES string of the molecule is C1=Cc2c(c(N(c3ccccc3)c3cccc4cccnc34)c3ccccc3c2N(c2ccccc2)c2cccc3cccnc23)CC1. The topological polar surface area (TPSA) is 32.3 Å². The van der Waals surface area contributed by atoms with Crippen LogP contribution in [0.25, 0.3) is 38.7 Å². The number of nitrogens with zero attached hydrogens (tertiary/aromatic N) is 4. The largest absolute Gasteiger partial charge is 0.307 e. The van der Waals surface area contributed by atoms with Crippen molar-refractivity contribution in [3.8, 4) is 0 Å². The van der Waals surface area contributed by atoms with Crippen LogP contribution in [-0.4, -0.2) is 9.97 Å². The van der Waals surface area contributed by atoms with E-state index in [1.54, 1.807) is 0 Å². The molecule has 48 heavy (non-hydrogen) atoms. The number of fused-ring (bicyclic) bond motifs is 4. The van der Waals surface area contributed by atoms with E-state index in [9.17, 15) is 0 Å². The molecule has 0 N–H and O–H groups in total. The van der Waals surface area contributed by atoms with Crippen molar-refractivity contribution in [3.63, 3.8) is 0 Å². The number of aromatic nitrogens is 2. The van der Waals surface area contributed by atoms with Crippen LogP contribution in [-0.2, 0) is 6.42 Å². The van der Waals surface area contributed by atoms with E-state index >= 15 is 0 Å². The summed E-state index contributed by atoms with van der Waals surface area (Å²) >= 11 is 0. The van der Waals surface area contributed by atoms with Crippen LogP contribution in [0.1, 0.15) is 17.5 Å². The second kappa shape index (κ2) is 11.8. The summed E-state index contributed by atoms with van der Waals surface area (Å²) in [5.41, 5.74) is 11.1. The first-order valence-electron chi connectivity index (χ1n) is 16.5. The standard InChI is InChI=1S/C44H32N4/c1-3-19-33(20-4-1)47(39-27-11-15-31-17-13-29-45-41(31)39)43-35-23-7-9-25-37(35)44(38-26-10-8-24-36(38)43)48(34-21-5-2-6-22-34)40-28-12-16-32-18-14-30-46-42(32)40/h1-9,11-25,27-30H,10,26H2. The van der Waals surface area contributed by atoms with E-state index in [0.29, 0.717) is 0 Å². The number of para-hydroxylation sites is 4. The van der Waals surface area contributed by atoms with Crippen molar-refractivity contribution < 1.29 is 0 Å². The van der Waals surface area contributed by atoms with Crippen molar-refractivity contribution in [3.05, 3.63) is 175 Å². The molecule has 1 aliphatic carbocycles. The third kappa shape index (κ3) is 4.61. The van der Waals surface area contributed by atoms with Crippen LogP contribution in [0.15, 0.2) is 164 Å². The first kappa shape index (κ1) is 28.0. The zero-order chi connectivity index (χ0) is 31.9. The molecule has 2 aromatic heterocycles. The fraction of sp³-hybridized carbons (Fsp3) is 0.0455. The highest BCUT2D eigenvalue weighted by molar-refractivity contribution is 6.14. The van der Waals surface area contributed by atoms with E-state index in [1.165, 1.54) is 27.6 Å². The van der Waals surface area contributed by atoms with Gasteiger partial charge in [0.15, 0.2) is 0 Å². The van der Waals surface area contributed by atoms with Crippen molar-refractivity contribution in [2.24, 2.45) is 0 Å². The van der Waals surface area contributed by atoms with Crippen LogP contribution in [0.5, 0.6) is 0 Å². The molecule has 0 fully saturated rings. The van der Waals surface area contributed by atoms with Gasteiger partial charge in [-0.1, -0.05) is 109 Å². The number of hydrogen-bond acceptors (Lipinski definition) is 4. The quantitative estimate of drug-likeness (QED) is 0.174. The molecule has 1 aliphatic rings. The molecule has 0 saturated carbocycles. The van der Waals surface area contributed by atoms with E-state index in [2.05, 4.69) is 155 Å². The van der Waals surface area contributed by atoms with Gasteiger partial charge in [-0.25, -0.2) is 0 Å². The minimum absolute atomic E-state index is 0.914. The highest BCUT2D eigenvalue weighted by Crippen LogP contribution is 2.52. The van der Waals surface area contributed by atoms with Gasteiger partial charge in [-0.15, -0.1) is 0 Å². The number of pyridine rings is 2. The Kier molecular flexibility index (Phi) is 6.90. The van der Waals surface area contributed by atoms with Gasteiger partial charge < -0.3 is 9.80 Å². The molecule has 2 heterocycles. The molecule has 0 atom stereocenters. The molecule has 0 spiro atoms. The van der Waals surface area contributed by atoms with E-state index in [0.717, 1.165) is 63.1 Å². The zero-order valence-corrected chi connectivity index (χ0v) is 26.4. The first-order valence-corrected chi connectivity index (χ1v) is 16.5. The number of allylic oxidation sites excluding steroid dienone is 1. The molecular weight excluding hydrogens is 585 g/mol. The lowest BCUT2D eigenvalue weighted by Gasteiger charge is -2.35. The number of rotatable bonds is 6. The van der Waals surface area contributed by atoms with Crippen molar-refractivity contribution in [2.75, 3.05) is 9.80 Å². The van der Waals surface area contributed by atoms with Gasteiger partial charge in [-0.3, -0.25) is 9.97 Å². The summed E-state index contributed by atoms with van der Waals surface area (Å²) in [5, 5.41) is 4.58. The number of benzene rings is 6. The van der Waals surface area contributed by atoms with Gasteiger partial charge >= 0.3 is 0 Å². The summed E-state index contributed by atoms with van der Waals surface area (Å²) in [7, 11) is 0. The molecule has 4 heteroatoms. The third-order valence-electron chi connectivity index (χ3n) is 9.33. The maximum atomic E-state index is 4.93. The normalized spacial score (nSPS) is 12.3. The van der Waals surface area contributed by atoms with Gasteiger partial charge in [-0.05, 0) is 66.9 Å². The monoisotopic (exact) mass is 616 g/mol. The second-order valence-electron chi connectivity index (χ2n) is 12.1. The predicted molar refractivity (Wildman–Crippen MR) is 201 cm³/mol. The van der Waals surface area contributed by atoms with Gasteiger partial charge in [0, 0.05) is 50.9 Å². The maximum absolute atomic E-state index is 4.93. The Balaban J connectivity index is 1.42. The van der Waals surface area contributed by atoms with Crippen LogP contribution in [0, 0.1) is 0 Å². The van der Waals surface area contributed by atoms with Crippen molar-refractivity contribution in [1.82, 2.24) is 9.97 Å². The average Bonchev–Trinajstić information content (AvgIpc) is 3.17. The lowest BCUT2D eigenvalue weighted by molar-refractivity contribution is 0.981. The lowest BCUT2D eigenvalue weighted by Crippen LogP contribution is -2.19. The molecule has 8 aromatic rings. The molecule has 0 bridgehead atoms. The Labute approximate surface area is 279 Å². The highest BCUT2D eigenvalue weighted by Gasteiger charge is 2.29. The molecule has 0 aliphatic heterocycles. The average molecular weight is 617 g/mol. The predicted octanol–water partition coefficient (Wildman–Crippen LogP) is 11.8. The Morgan fingerprint density at radius 2 is 0.958 bits per heavy atom. The van der Waals surface area contributed by atoms with Crippen molar-refractivity contribution >= 4 is 72.8 Å². The molecule has 0 saturated heterocycles. The Hall–Kier alpha value is -6.26. The Morgan fingerprint density at radius 1 is 0.458 bits per heavy atom. The summed E-state index contributed by atoms with van der Waals surface area (Å²) in [6.07, 6.45) is 10.3. The summed E-state index contributed by atoms with van der Waals surface area (Å²) in [6, 6.07) is 51.6. The smallest absolute Gasteiger partial charge is 0.0942 e. The fourth-order valence-corrected chi connectivity index (χ4v) is 7.30. The molecular formula is C44H32N4. The van der Waals surface area contributed by atoms with E-state index in [1.807, 2.05) is 24.5 Å². The molecule has 0 radical (unpaired) electrons. The molecule has 4 nitrogen and oxygen atoms in total. The van der Waals surface area contributed by atoms with Crippen LogP contribution in [0.4, 0.5) is 34.1 Å². The maximum Gasteiger partial charge on any atom is 0.0942 e. The second-order valence-corrected chi connectivity index (χ2v) is 12.1. The minimum atomic E-state index is 0.914. The zero-order valence-electron chi connectivity index (χ0n) is 26.4. The van der Waals surface area contributed by atoms with E-state index < -0.39 is 0 Å². The van der Waals surface area contributed by atoms with Crippen molar-refractivity contribution in [2.45, 2.75) is 12.8 Å². The van der Waals surface area contributed by atoms with Gasteiger partial charge in [0.2, 0.25) is 0 Å². The third-order valence-corrected chi connectivity index (χ3v) is 9.33. The van der Waals surface area contributed by atoms with Gasteiger partial charge in [-0.2, -0.15) is 0 Å². The number of hydrogen-bond donors (Lipinski definition) is 0. The summed E-state index contributed by atoms with van der Waals surface area (Å²) in [6.45, 7) is 0. The van der Waals surface area contributed by atoms with Crippen LogP contribution < -0.4 is 9.80 Å². The minimum Gasteiger partial charge on any atom is -0.307 e. The molecule has 9 rings (SSSR count). The molecule has 6 aromatic carbocycles. The Bertz CT molecular complexity index is 2460. The number of anilines is 6. The van der Waals surface area contributed by atoms with Crippen LogP contribution in [0.2, 0.25) is 0 Å². The van der Waals surface area contributed by atoms with E-state index in [4.69, 9.17) is 9.97 Å². The Morgan fingerprint density at radius 3 is 1.54 bits per heavy atom. The summed E-state index contributed by atoms with van der Waals surface area (Å²) in [4.78, 5) is 14.7. The summed E-state index contributed by atoms with van der Waals surface area (Å²) in [5.74, 6) is 0. The van der Waals surface area contributed by atoms with Gasteiger partial charge in [0.25, 0.3) is 0 Å². The summed E-state index contributed by atoms with van der Waals surface area (Å²) < 4.78 is 0. The molecule has 228 valence electrons. The molecule has 0 unspecified atom stereocenters. The first-order chi connectivity index (χ1) is 23.9. The highest BCUT2D eigenvalue weighted by atomic mass is 15.2. The van der Waals surface area contributed by atoms with Crippen LogP contribution >= 0.6 is 0 Å². The van der Waals surface area contributed by atoms with Crippen molar-refractivity contribution in [1.29, 1.82) is 0 Å².